The number of carbonyl (C=O) groups excluding carboxylic acids is 1. The Morgan fingerprint density at radius 2 is 1.93 bits per heavy atom. The quantitative estimate of drug-likeness (QED) is 0.905. The number of rotatable bonds is 4. The van der Waals surface area contributed by atoms with Gasteiger partial charge in [0.25, 0.3) is 5.91 Å². The van der Waals surface area contributed by atoms with Crippen molar-refractivity contribution in [1.29, 1.82) is 0 Å². The lowest BCUT2D eigenvalue weighted by Crippen LogP contribution is -2.48. The van der Waals surface area contributed by atoms with E-state index in [4.69, 9.17) is 4.74 Å². The number of amides is 1. The van der Waals surface area contributed by atoms with Gasteiger partial charge in [0, 0.05) is 18.3 Å². The van der Waals surface area contributed by atoms with Crippen molar-refractivity contribution in [2.24, 2.45) is 0 Å². The average molecular weight is 363 g/mol. The van der Waals surface area contributed by atoms with Crippen molar-refractivity contribution in [2.45, 2.75) is 38.3 Å². The Labute approximate surface area is 159 Å². The largest absolute Gasteiger partial charge is 0.489 e. The Bertz CT molecular complexity index is 872. The van der Waals surface area contributed by atoms with Crippen molar-refractivity contribution in [2.75, 3.05) is 29.6 Å². The lowest BCUT2D eigenvalue weighted by Gasteiger charge is -2.39. The summed E-state index contributed by atoms with van der Waals surface area (Å²) in [7, 11) is 0. The van der Waals surface area contributed by atoms with E-state index in [0.717, 1.165) is 47.8 Å². The van der Waals surface area contributed by atoms with Crippen LogP contribution < -0.4 is 19.9 Å². The van der Waals surface area contributed by atoms with Crippen molar-refractivity contribution in [3.05, 3.63) is 53.6 Å². The van der Waals surface area contributed by atoms with Crippen LogP contribution in [0.2, 0.25) is 0 Å². The number of aryl methyl sites for hydroxylation is 1. The van der Waals surface area contributed by atoms with Gasteiger partial charge in [0.05, 0.1) is 17.9 Å². The molecule has 1 amide bonds. The standard InChI is InChI=1S/C22H25N3O2/c1-15-4-2-3-5-20(15)25-14-24(16-6-7-16)21-9-8-17(12-19(21)22(25)26)27-18-10-11-23-13-18/h2-5,8-9,12,16,18,23H,6-7,10-11,13-14H2,1H3. The third-order valence-electron chi connectivity index (χ3n) is 5.76. The maximum atomic E-state index is 13.4. The first-order valence-corrected chi connectivity index (χ1v) is 9.86. The first-order chi connectivity index (χ1) is 13.2. The second kappa shape index (κ2) is 6.57. The van der Waals surface area contributed by atoms with Crippen LogP contribution in [-0.2, 0) is 0 Å². The molecule has 0 bridgehead atoms. The number of nitrogens with one attached hydrogen (secondary N) is 1. The highest BCUT2D eigenvalue weighted by molar-refractivity contribution is 6.12. The zero-order valence-corrected chi connectivity index (χ0v) is 15.6. The molecule has 27 heavy (non-hydrogen) atoms. The van der Waals surface area contributed by atoms with Gasteiger partial charge >= 0.3 is 0 Å². The van der Waals surface area contributed by atoms with Crippen molar-refractivity contribution >= 4 is 17.3 Å². The number of carbonyl (C=O) groups is 1. The minimum atomic E-state index is 0.0613. The number of nitrogens with zero attached hydrogens (tertiary/aromatic N) is 2. The molecule has 0 spiro atoms. The lowest BCUT2D eigenvalue weighted by atomic mass is 10.1. The van der Waals surface area contributed by atoms with Gasteiger partial charge in [-0.2, -0.15) is 0 Å². The third-order valence-corrected chi connectivity index (χ3v) is 5.76. The highest BCUT2D eigenvalue weighted by Gasteiger charge is 2.38. The fraction of sp³-hybridized carbons (Fsp3) is 0.409. The predicted molar refractivity (Wildman–Crippen MR) is 107 cm³/mol. The van der Waals surface area contributed by atoms with Gasteiger partial charge in [-0.05, 0) is 62.6 Å². The van der Waals surface area contributed by atoms with Gasteiger partial charge in [-0.25, -0.2) is 0 Å². The Morgan fingerprint density at radius 3 is 2.67 bits per heavy atom. The van der Waals surface area contributed by atoms with E-state index in [1.165, 1.54) is 12.8 Å². The van der Waals surface area contributed by atoms with Crippen LogP contribution in [0.1, 0.15) is 35.2 Å². The number of benzene rings is 2. The molecule has 2 fully saturated rings. The summed E-state index contributed by atoms with van der Waals surface area (Å²) >= 11 is 0. The number of anilines is 2. The Morgan fingerprint density at radius 1 is 1.07 bits per heavy atom. The minimum absolute atomic E-state index is 0.0613. The second-order valence-corrected chi connectivity index (χ2v) is 7.77. The van der Waals surface area contributed by atoms with E-state index in [1.54, 1.807) is 0 Å². The van der Waals surface area contributed by atoms with Gasteiger partial charge in [0.15, 0.2) is 0 Å². The number of para-hydroxylation sites is 1. The number of hydrogen-bond donors (Lipinski definition) is 1. The lowest BCUT2D eigenvalue weighted by molar-refractivity contribution is 0.0981. The molecule has 2 heterocycles. The fourth-order valence-electron chi connectivity index (χ4n) is 4.12. The van der Waals surface area contributed by atoms with Gasteiger partial charge < -0.3 is 15.0 Å². The van der Waals surface area contributed by atoms with Crippen LogP contribution in [0.5, 0.6) is 5.75 Å². The van der Waals surface area contributed by atoms with Crippen LogP contribution in [-0.4, -0.2) is 37.8 Å². The number of hydrogen-bond acceptors (Lipinski definition) is 4. The van der Waals surface area contributed by atoms with Crippen LogP contribution in [0.25, 0.3) is 0 Å². The molecule has 3 aliphatic rings. The van der Waals surface area contributed by atoms with Crippen molar-refractivity contribution < 1.29 is 9.53 Å². The second-order valence-electron chi connectivity index (χ2n) is 7.77. The molecule has 2 aromatic carbocycles. The summed E-state index contributed by atoms with van der Waals surface area (Å²) in [6, 6.07) is 14.7. The van der Waals surface area contributed by atoms with E-state index >= 15 is 0 Å². The van der Waals surface area contributed by atoms with E-state index in [9.17, 15) is 4.79 Å². The van der Waals surface area contributed by atoms with Crippen LogP contribution in [0.15, 0.2) is 42.5 Å². The highest BCUT2D eigenvalue weighted by atomic mass is 16.5. The molecule has 1 saturated carbocycles. The van der Waals surface area contributed by atoms with Gasteiger partial charge in [-0.15, -0.1) is 0 Å². The minimum Gasteiger partial charge on any atom is -0.489 e. The molecule has 2 aliphatic heterocycles. The molecule has 2 aromatic rings. The zero-order valence-electron chi connectivity index (χ0n) is 15.6. The van der Waals surface area contributed by atoms with Crippen molar-refractivity contribution in [3.63, 3.8) is 0 Å². The molecule has 1 saturated heterocycles. The van der Waals surface area contributed by atoms with Crippen LogP contribution >= 0.6 is 0 Å². The molecule has 5 rings (SSSR count). The molecule has 1 aliphatic carbocycles. The monoisotopic (exact) mass is 363 g/mol. The third kappa shape index (κ3) is 3.06. The van der Waals surface area contributed by atoms with Crippen LogP contribution in [0, 0.1) is 6.92 Å². The molecule has 0 aromatic heterocycles. The van der Waals surface area contributed by atoms with Gasteiger partial charge in [0.2, 0.25) is 0 Å². The van der Waals surface area contributed by atoms with E-state index < -0.39 is 0 Å². The molecule has 1 atom stereocenters. The smallest absolute Gasteiger partial charge is 0.262 e. The normalized spacial score (nSPS) is 22.1. The Hall–Kier alpha value is -2.53. The summed E-state index contributed by atoms with van der Waals surface area (Å²) in [6.45, 7) is 4.54. The topological polar surface area (TPSA) is 44.8 Å². The van der Waals surface area contributed by atoms with Gasteiger partial charge in [-0.3, -0.25) is 9.69 Å². The number of fused-ring (bicyclic) bond motifs is 1. The molecular weight excluding hydrogens is 338 g/mol. The fourth-order valence-corrected chi connectivity index (χ4v) is 4.12. The van der Waals surface area contributed by atoms with E-state index in [0.29, 0.717) is 12.7 Å². The summed E-state index contributed by atoms with van der Waals surface area (Å²) in [5.41, 5.74) is 3.91. The van der Waals surface area contributed by atoms with Crippen molar-refractivity contribution in [1.82, 2.24) is 5.32 Å². The molecule has 5 nitrogen and oxygen atoms in total. The molecule has 1 N–H and O–H groups in total. The van der Waals surface area contributed by atoms with Crippen LogP contribution in [0.4, 0.5) is 11.4 Å². The van der Waals surface area contributed by atoms with Gasteiger partial charge in [0.1, 0.15) is 11.9 Å². The first kappa shape index (κ1) is 16.6. The highest BCUT2D eigenvalue weighted by Crippen LogP contribution is 2.40. The van der Waals surface area contributed by atoms with E-state index in [-0.39, 0.29) is 12.0 Å². The summed E-state index contributed by atoms with van der Waals surface area (Å²) in [5.74, 6) is 0.851. The summed E-state index contributed by atoms with van der Waals surface area (Å²) in [4.78, 5) is 17.7. The summed E-state index contributed by atoms with van der Waals surface area (Å²) < 4.78 is 6.11. The van der Waals surface area contributed by atoms with Crippen LogP contribution in [0.3, 0.4) is 0 Å². The maximum Gasteiger partial charge on any atom is 0.262 e. The number of ether oxygens (including phenoxy) is 1. The van der Waals surface area contributed by atoms with Gasteiger partial charge in [-0.1, -0.05) is 18.2 Å². The molecule has 1 unspecified atom stereocenters. The maximum absolute atomic E-state index is 13.4. The zero-order chi connectivity index (χ0) is 18.4. The molecule has 140 valence electrons. The summed E-state index contributed by atoms with van der Waals surface area (Å²) in [5, 5.41) is 3.32. The molecule has 0 radical (unpaired) electrons. The van der Waals surface area contributed by atoms with E-state index in [1.807, 2.05) is 35.2 Å². The average Bonchev–Trinajstić information content (AvgIpc) is 3.40. The molecule has 5 heteroatoms. The van der Waals surface area contributed by atoms with E-state index in [2.05, 4.69) is 29.3 Å². The van der Waals surface area contributed by atoms with Crippen molar-refractivity contribution in [3.8, 4) is 5.75 Å². The summed E-state index contributed by atoms with van der Waals surface area (Å²) in [6.07, 6.45) is 3.59. The first-order valence-electron chi connectivity index (χ1n) is 9.86. The SMILES string of the molecule is Cc1ccccc1N1CN(C2CC2)c2ccc(OC3CCNC3)cc2C1=O. The molecular formula is C22H25N3O2. The Balaban J connectivity index is 1.52. The Kier molecular flexibility index (Phi) is 4.05. The predicted octanol–water partition coefficient (Wildman–Crippen LogP) is 3.32.